The number of hydrogen-bond donors (Lipinski definition) is 3. The maximum absolute atomic E-state index is 11.7. The summed E-state index contributed by atoms with van der Waals surface area (Å²) in [7, 11) is 4.31. The Balaban J connectivity index is 1.35. The molecule has 1 amide bonds. The van der Waals surface area contributed by atoms with Crippen LogP contribution < -0.4 is 15.5 Å². The van der Waals surface area contributed by atoms with Crippen molar-refractivity contribution in [3.05, 3.63) is 35.5 Å². The van der Waals surface area contributed by atoms with Crippen LogP contribution in [0.25, 0.3) is 0 Å². The molecule has 1 atom stereocenters. The summed E-state index contributed by atoms with van der Waals surface area (Å²) >= 11 is 6.30. The molecule has 33 heavy (non-hydrogen) atoms. The fourth-order valence-corrected chi connectivity index (χ4v) is 4.60. The highest BCUT2D eigenvalue weighted by Gasteiger charge is 2.26. The molecule has 2 aromatic rings. The van der Waals surface area contributed by atoms with Gasteiger partial charge in [0.1, 0.15) is 11.6 Å². The molecule has 2 fully saturated rings. The lowest BCUT2D eigenvalue weighted by Gasteiger charge is -2.36. The molecule has 10 heteroatoms. The second-order valence-electron chi connectivity index (χ2n) is 8.87. The molecule has 0 unspecified atom stereocenters. The third-order valence-corrected chi connectivity index (χ3v) is 6.72. The Bertz CT molecular complexity index is 948. The van der Waals surface area contributed by atoms with Crippen molar-refractivity contribution in [1.82, 2.24) is 19.8 Å². The molecule has 2 saturated heterocycles. The fourth-order valence-electron chi connectivity index (χ4n) is 4.45. The van der Waals surface area contributed by atoms with Gasteiger partial charge in [-0.1, -0.05) is 11.6 Å². The number of aromatic nitrogens is 2. The standard InChI is InChI=1S/C23H32ClN7O2/c1-29(2)18-8-11-30(12-9-18)19-5-3-16(4-6-19)27-23-25-13-20(24)22(28-23)26-17-7-10-31(14-17)21(33)15-32/h3-6,13,17-18,32H,7-12,14-15H2,1-2H3,(H2,25,26,27,28)/t17-/m0/s1. The van der Waals surface area contributed by atoms with E-state index in [1.54, 1.807) is 11.1 Å². The number of anilines is 4. The highest BCUT2D eigenvalue weighted by Crippen LogP contribution is 2.26. The molecule has 2 aliphatic heterocycles. The van der Waals surface area contributed by atoms with Crippen molar-refractivity contribution in [1.29, 1.82) is 0 Å². The summed E-state index contributed by atoms with van der Waals surface area (Å²) in [6.07, 6.45) is 4.68. The summed E-state index contributed by atoms with van der Waals surface area (Å²) in [6, 6.07) is 9.00. The van der Waals surface area contributed by atoms with Crippen molar-refractivity contribution in [2.75, 3.05) is 62.4 Å². The van der Waals surface area contributed by atoms with E-state index in [9.17, 15) is 4.79 Å². The predicted octanol–water partition coefficient (Wildman–Crippen LogP) is 2.41. The van der Waals surface area contributed by atoms with Crippen LogP contribution in [0.4, 0.5) is 23.1 Å². The number of rotatable bonds is 7. The summed E-state index contributed by atoms with van der Waals surface area (Å²) in [4.78, 5) is 26.9. The Labute approximate surface area is 199 Å². The average Bonchev–Trinajstić information content (AvgIpc) is 3.30. The number of aliphatic hydroxyl groups is 1. The van der Waals surface area contributed by atoms with Crippen LogP contribution >= 0.6 is 11.6 Å². The minimum atomic E-state index is -0.470. The van der Waals surface area contributed by atoms with Crippen molar-refractivity contribution in [2.45, 2.75) is 31.3 Å². The topological polar surface area (TPSA) is 96.9 Å². The first-order valence-corrected chi connectivity index (χ1v) is 11.8. The Morgan fingerprint density at radius 3 is 2.58 bits per heavy atom. The maximum atomic E-state index is 11.7. The molecule has 0 aliphatic carbocycles. The second kappa shape index (κ2) is 10.5. The van der Waals surface area contributed by atoms with Crippen LogP contribution in [0, 0.1) is 0 Å². The lowest BCUT2D eigenvalue weighted by atomic mass is 10.0. The van der Waals surface area contributed by atoms with Gasteiger partial charge in [0.25, 0.3) is 0 Å². The van der Waals surface area contributed by atoms with Crippen LogP contribution in [-0.2, 0) is 4.79 Å². The zero-order valence-corrected chi connectivity index (χ0v) is 19.9. The molecular formula is C23H32ClN7O2. The third-order valence-electron chi connectivity index (χ3n) is 6.44. The number of nitrogens with zero attached hydrogens (tertiary/aromatic N) is 5. The van der Waals surface area contributed by atoms with Crippen molar-refractivity contribution in [3.8, 4) is 0 Å². The van der Waals surface area contributed by atoms with E-state index in [-0.39, 0.29) is 11.9 Å². The molecule has 0 bridgehead atoms. The van der Waals surface area contributed by atoms with E-state index in [0.717, 1.165) is 25.2 Å². The molecule has 0 saturated carbocycles. The smallest absolute Gasteiger partial charge is 0.248 e. The lowest BCUT2D eigenvalue weighted by Crippen LogP contribution is -2.41. The summed E-state index contributed by atoms with van der Waals surface area (Å²) in [5, 5.41) is 16.0. The number of piperidine rings is 1. The van der Waals surface area contributed by atoms with Gasteiger partial charge in [-0.2, -0.15) is 4.98 Å². The first-order chi connectivity index (χ1) is 15.9. The number of amides is 1. The van der Waals surface area contributed by atoms with E-state index in [1.807, 2.05) is 12.1 Å². The van der Waals surface area contributed by atoms with E-state index in [2.05, 4.69) is 56.6 Å². The van der Waals surface area contributed by atoms with Gasteiger partial charge in [-0.25, -0.2) is 4.98 Å². The minimum Gasteiger partial charge on any atom is -0.387 e. The van der Waals surface area contributed by atoms with E-state index in [1.165, 1.54) is 18.5 Å². The van der Waals surface area contributed by atoms with Crippen LogP contribution in [-0.4, -0.2) is 89.7 Å². The Morgan fingerprint density at radius 1 is 1.18 bits per heavy atom. The van der Waals surface area contributed by atoms with Gasteiger partial charge >= 0.3 is 0 Å². The summed E-state index contributed by atoms with van der Waals surface area (Å²) < 4.78 is 0. The number of carbonyl (C=O) groups is 1. The fraction of sp³-hybridized carbons (Fsp3) is 0.522. The van der Waals surface area contributed by atoms with E-state index in [4.69, 9.17) is 16.7 Å². The van der Waals surface area contributed by atoms with E-state index in [0.29, 0.717) is 35.9 Å². The van der Waals surface area contributed by atoms with Gasteiger partial charge in [-0.05, 0) is 57.6 Å². The van der Waals surface area contributed by atoms with E-state index >= 15 is 0 Å². The number of halogens is 1. The molecule has 178 valence electrons. The lowest BCUT2D eigenvalue weighted by molar-refractivity contribution is -0.133. The molecule has 3 heterocycles. The number of hydrogen-bond acceptors (Lipinski definition) is 8. The Morgan fingerprint density at radius 2 is 1.91 bits per heavy atom. The predicted molar refractivity (Wildman–Crippen MR) is 131 cm³/mol. The molecule has 4 rings (SSSR count). The van der Waals surface area contributed by atoms with E-state index < -0.39 is 6.61 Å². The first kappa shape index (κ1) is 23.5. The summed E-state index contributed by atoms with van der Waals surface area (Å²) in [5.74, 6) is 0.710. The second-order valence-corrected chi connectivity index (χ2v) is 9.28. The van der Waals surface area contributed by atoms with Crippen molar-refractivity contribution < 1.29 is 9.90 Å². The van der Waals surface area contributed by atoms with Gasteiger partial charge in [-0.15, -0.1) is 0 Å². The largest absolute Gasteiger partial charge is 0.387 e. The zero-order valence-electron chi connectivity index (χ0n) is 19.2. The number of likely N-dealkylation sites (tertiary alicyclic amines) is 1. The number of benzene rings is 1. The Kier molecular flexibility index (Phi) is 7.52. The number of aliphatic hydroxyl groups excluding tert-OH is 1. The van der Waals surface area contributed by atoms with Crippen molar-refractivity contribution in [3.63, 3.8) is 0 Å². The van der Waals surface area contributed by atoms with Gasteiger partial charge in [0, 0.05) is 49.6 Å². The molecule has 1 aromatic heterocycles. The SMILES string of the molecule is CN(C)C1CCN(c2ccc(Nc3ncc(Cl)c(N[C@H]4CCN(C(=O)CO)C4)n3)cc2)CC1. The highest BCUT2D eigenvalue weighted by atomic mass is 35.5. The molecule has 1 aromatic carbocycles. The van der Waals surface area contributed by atoms with Crippen LogP contribution in [0.3, 0.4) is 0 Å². The molecular weight excluding hydrogens is 442 g/mol. The van der Waals surface area contributed by atoms with Gasteiger partial charge in [0.05, 0.1) is 6.20 Å². The minimum absolute atomic E-state index is 0.0247. The quantitative estimate of drug-likeness (QED) is 0.564. The molecule has 2 aliphatic rings. The summed E-state index contributed by atoms with van der Waals surface area (Å²) in [6.45, 7) is 2.77. The molecule has 9 nitrogen and oxygen atoms in total. The van der Waals surface area contributed by atoms with Crippen molar-refractivity contribution in [2.24, 2.45) is 0 Å². The average molecular weight is 474 g/mol. The van der Waals surface area contributed by atoms with Crippen LogP contribution in [0.15, 0.2) is 30.5 Å². The normalized spacial score (nSPS) is 19.2. The number of nitrogens with one attached hydrogen (secondary N) is 2. The van der Waals surface area contributed by atoms with Gasteiger partial charge in [0.2, 0.25) is 11.9 Å². The molecule has 0 radical (unpaired) electrons. The third kappa shape index (κ3) is 5.85. The first-order valence-electron chi connectivity index (χ1n) is 11.4. The van der Waals surface area contributed by atoms with Gasteiger partial charge < -0.3 is 30.4 Å². The number of carbonyl (C=O) groups excluding carboxylic acids is 1. The van der Waals surface area contributed by atoms with Gasteiger partial charge in [0.15, 0.2) is 5.82 Å². The molecule has 0 spiro atoms. The molecule has 3 N–H and O–H groups in total. The zero-order chi connectivity index (χ0) is 23.4. The van der Waals surface area contributed by atoms with Gasteiger partial charge in [-0.3, -0.25) is 4.79 Å². The van der Waals surface area contributed by atoms with Crippen LogP contribution in [0.5, 0.6) is 0 Å². The van der Waals surface area contributed by atoms with Crippen LogP contribution in [0.2, 0.25) is 5.02 Å². The van der Waals surface area contributed by atoms with Crippen molar-refractivity contribution >= 4 is 40.6 Å². The van der Waals surface area contributed by atoms with Crippen LogP contribution in [0.1, 0.15) is 19.3 Å². The Hall–Kier alpha value is -2.62. The summed E-state index contributed by atoms with van der Waals surface area (Å²) in [5.41, 5.74) is 2.12. The highest BCUT2D eigenvalue weighted by molar-refractivity contribution is 6.32. The monoisotopic (exact) mass is 473 g/mol. The maximum Gasteiger partial charge on any atom is 0.248 e.